The number of hydrogen-bond acceptors (Lipinski definition) is 4. The van der Waals surface area contributed by atoms with Crippen molar-refractivity contribution in [2.24, 2.45) is 0 Å². The van der Waals surface area contributed by atoms with Crippen molar-refractivity contribution in [3.05, 3.63) is 17.2 Å². The number of rotatable bonds is 6. The number of fused-ring (bicyclic) bond motifs is 2. The van der Waals surface area contributed by atoms with Gasteiger partial charge in [-0.1, -0.05) is 19.8 Å². The first-order valence-corrected chi connectivity index (χ1v) is 9.06. The van der Waals surface area contributed by atoms with Crippen molar-refractivity contribution in [2.75, 3.05) is 19.8 Å². The van der Waals surface area contributed by atoms with Gasteiger partial charge in [0.15, 0.2) is 0 Å². The third-order valence-electron chi connectivity index (χ3n) is 3.94. The van der Waals surface area contributed by atoms with Crippen molar-refractivity contribution in [1.82, 2.24) is 4.72 Å². The summed E-state index contributed by atoms with van der Waals surface area (Å²) in [6.07, 6.45) is 4.30. The molecule has 2 aliphatic rings. The Hall–Kier alpha value is -1.27. The molecule has 0 saturated carbocycles. The van der Waals surface area contributed by atoms with Crippen LogP contribution in [-0.4, -0.2) is 28.2 Å². The number of nitrogens with one attached hydrogen (secondary N) is 1. The summed E-state index contributed by atoms with van der Waals surface area (Å²) >= 11 is 0. The molecule has 0 radical (unpaired) electrons. The van der Waals surface area contributed by atoms with E-state index in [1.807, 2.05) is 6.07 Å². The minimum absolute atomic E-state index is 0.307. The van der Waals surface area contributed by atoms with E-state index >= 15 is 0 Å². The molecule has 0 amide bonds. The fourth-order valence-corrected chi connectivity index (χ4v) is 4.40. The first-order chi connectivity index (χ1) is 10.1. The largest absolute Gasteiger partial charge is 0.493 e. The van der Waals surface area contributed by atoms with Crippen LogP contribution in [0.4, 0.5) is 0 Å². The zero-order valence-electron chi connectivity index (χ0n) is 12.3. The lowest BCUT2D eigenvalue weighted by molar-refractivity contribution is 0.347. The molecule has 0 fully saturated rings. The molecule has 3 rings (SSSR count). The lowest BCUT2D eigenvalue weighted by Gasteiger charge is -2.14. The number of ether oxygens (including phenoxy) is 2. The summed E-state index contributed by atoms with van der Waals surface area (Å²) in [6, 6.07) is 1.93. The van der Waals surface area contributed by atoms with Gasteiger partial charge >= 0.3 is 0 Å². The second-order valence-corrected chi connectivity index (χ2v) is 7.18. The Morgan fingerprint density at radius 3 is 2.81 bits per heavy atom. The summed E-state index contributed by atoms with van der Waals surface area (Å²) in [5.41, 5.74) is 1.70. The summed E-state index contributed by atoms with van der Waals surface area (Å²) in [4.78, 5) is 0.307. The van der Waals surface area contributed by atoms with Crippen molar-refractivity contribution in [2.45, 2.75) is 43.9 Å². The molecule has 1 N–H and O–H groups in total. The Labute approximate surface area is 125 Å². The highest BCUT2D eigenvalue weighted by molar-refractivity contribution is 7.89. The van der Waals surface area contributed by atoms with Crippen LogP contribution in [0.15, 0.2) is 11.0 Å². The van der Waals surface area contributed by atoms with Gasteiger partial charge in [0.05, 0.1) is 13.2 Å². The zero-order valence-corrected chi connectivity index (χ0v) is 13.1. The van der Waals surface area contributed by atoms with Gasteiger partial charge in [-0.05, 0) is 12.5 Å². The molecule has 0 saturated heterocycles. The van der Waals surface area contributed by atoms with Crippen LogP contribution < -0.4 is 14.2 Å². The molecule has 2 heterocycles. The second kappa shape index (κ2) is 5.85. The average molecular weight is 311 g/mol. The van der Waals surface area contributed by atoms with Crippen LogP contribution in [-0.2, 0) is 22.9 Å². The molecular weight excluding hydrogens is 290 g/mol. The molecule has 0 bridgehead atoms. The second-order valence-electron chi connectivity index (χ2n) is 5.47. The van der Waals surface area contributed by atoms with Gasteiger partial charge in [-0.2, -0.15) is 0 Å². The van der Waals surface area contributed by atoms with Gasteiger partial charge in [0.1, 0.15) is 16.4 Å². The fourth-order valence-electron chi connectivity index (χ4n) is 2.88. The van der Waals surface area contributed by atoms with Crippen molar-refractivity contribution in [3.63, 3.8) is 0 Å². The Bertz CT molecular complexity index is 607. The van der Waals surface area contributed by atoms with Crippen molar-refractivity contribution in [3.8, 4) is 11.5 Å². The number of sulfonamides is 1. The monoisotopic (exact) mass is 311 g/mol. The first kappa shape index (κ1) is 14.7. The molecule has 6 heteroatoms. The van der Waals surface area contributed by atoms with Gasteiger partial charge in [0, 0.05) is 30.5 Å². The fraction of sp³-hybridized carbons (Fsp3) is 0.600. The third kappa shape index (κ3) is 2.74. The molecule has 116 valence electrons. The summed E-state index contributed by atoms with van der Waals surface area (Å²) in [6.45, 7) is 3.64. The van der Waals surface area contributed by atoms with E-state index in [2.05, 4.69) is 11.6 Å². The Morgan fingerprint density at radius 2 is 2.00 bits per heavy atom. The maximum Gasteiger partial charge on any atom is 0.244 e. The van der Waals surface area contributed by atoms with Crippen LogP contribution in [0, 0.1) is 0 Å². The van der Waals surface area contributed by atoms with E-state index in [-0.39, 0.29) is 0 Å². The highest BCUT2D eigenvalue weighted by Crippen LogP contribution is 2.42. The molecule has 0 aliphatic carbocycles. The number of hydrogen-bond donors (Lipinski definition) is 1. The van der Waals surface area contributed by atoms with Crippen LogP contribution in [0.3, 0.4) is 0 Å². The van der Waals surface area contributed by atoms with E-state index in [4.69, 9.17) is 9.47 Å². The standard InChI is InChI=1S/C15H21NO4S/c1-2-3-4-7-16-21(17,18)15-12-6-9-19-13(12)10-11-5-8-20-14(11)15/h10,16H,2-9H2,1H3. The minimum Gasteiger partial charge on any atom is -0.493 e. The summed E-state index contributed by atoms with van der Waals surface area (Å²) in [7, 11) is -3.55. The van der Waals surface area contributed by atoms with Crippen molar-refractivity contribution < 1.29 is 17.9 Å². The van der Waals surface area contributed by atoms with Crippen molar-refractivity contribution in [1.29, 1.82) is 0 Å². The SMILES string of the molecule is CCCCCNS(=O)(=O)c1c2c(cc3c1OCC3)OCC2. The lowest BCUT2D eigenvalue weighted by atomic mass is 10.1. The van der Waals surface area contributed by atoms with Gasteiger partial charge in [0.2, 0.25) is 10.0 Å². The predicted molar refractivity (Wildman–Crippen MR) is 79.6 cm³/mol. The summed E-state index contributed by atoms with van der Waals surface area (Å²) < 4.78 is 39.2. The molecule has 0 atom stereocenters. The van der Waals surface area contributed by atoms with Gasteiger partial charge in [-0.15, -0.1) is 0 Å². The molecule has 1 aromatic rings. The molecule has 21 heavy (non-hydrogen) atoms. The van der Waals surface area contributed by atoms with Crippen LogP contribution in [0.1, 0.15) is 37.3 Å². The van der Waals surface area contributed by atoms with E-state index in [0.29, 0.717) is 42.6 Å². The molecule has 5 nitrogen and oxygen atoms in total. The van der Waals surface area contributed by atoms with Gasteiger partial charge < -0.3 is 9.47 Å². The lowest BCUT2D eigenvalue weighted by Crippen LogP contribution is -2.26. The highest BCUT2D eigenvalue weighted by Gasteiger charge is 2.33. The van der Waals surface area contributed by atoms with Gasteiger partial charge in [-0.25, -0.2) is 13.1 Å². The Balaban J connectivity index is 1.94. The molecule has 0 spiro atoms. The molecule has 1 aromatic carbocycles. The maximum absolute atomic E-state index is 12.7. The maximum atomic E-state index is 12.7. The smallest absolute Gasteiger partial charge is 0.244 e. The quantitative estimate of drug-likeness (QED) is 0.816. The van der Waals surface area contributed by atoms with Crippen LogP contribution in [0.5, 0.6) is 11.5 Å². The van der Waals surface area contributed by atoms with Crippen LogP contribution >= 0.6 is 0 Å². The number of unbranched alkanes of at least 4 members (excludes halogenated alkanes) is 2. The first-order valence-electron chi connectivity index (χ1n) is 7.57. The summed E-state index contributed by atoms with van der Waals surface area (Å²) in [5, 5.41) is 0. The van der Waals surface area contributed by atoms with E-state index in [1.165, 1.54) is 0 Å². The van der Waals surface area contributed by atoms with Crippen LogP contribution in [0.25, 0.3) is 0 Å². The topological polar surface area (TPSA) is 64.6 Å². The Morgan fingerprint density at radius 1 is 1.19 bits per heavy atom. The van der Waals surface area contributed by atoms with Crippen LogP contribution in [0.2, 0.25) is 0 Å². The van der Waals surface area contributed by atoms with E-state index in [1.54, 1.807) is 0 Å². The minimum atomic E-state index is -3.55. The highest BCUT2D eigenvalue weighted by atomic mass is 32.2. The van der Waals surface area contributed by atoms with E-state index in [0.717, 1.165) is 36.8 Å². The predicted octanol–water partition coefficient (Wildman–Crippen LogP) is 2.02. The van der Waals surface area contributed by atoms with E-state index in [9.17, 15) is 8.42 Å². The molecule has 0 unspecified atom stereocenters. The zero-order chi connectivity index (χ0) is 14.9. The average Bonchev–Trinajstić information content (AvgIpc) is 3.08. The summed E-state index contributed by atoms with van der Waals surface area (Å²) in [5.74, 6) is 1.23. The third-order valence-corrected chi connectivity index (χ3v) is 5.50. The molecule has 0 aromatic heterocycles. The van der Waals surface area contributed by atoms with Crippen molar-refractivity contribution >= 4 is 10.0 Å². The number of benzene rings is 1. The van der Waals surface area contributed by atoms with Gasteiger partial charge in [0.25, 0.3) is 0 Å². The molecule has 2 aliphatic heterocycles. The normalized spacial score (nSPS) is 16.2. The van der Waals surface area contributed by atoms with E-state index < -0.39 is 10.0 Å². The van der Waals surface area contributed by atoms with Gasteiger partial charge in [-0.3, -0.25) is 0 Å². The Kier molecular flexibility index (Phi) is 4.08. The molecular formula is C15H21NO4S.